The van der Waals surface area contributed by atoms with E-state index in [0.717, 1.165) is 17.1 Å². The first-order chi connectivity index (χ1) is 8.92. The Morgan fingerprint density at radius 3 is 2.61 bits per heavy atom. The molecule has 3 aromatic heterocycles. The van der Waals surface area contributed by atoms with Crippen LogP contribution in [0, 0.1) is 0 Å². The molecule has 0 aliphatic heterocycles. The van der Waals surface area contributed by atoms with Gasteiger partial charge in [0.2, 0.25) is 0 Å². The van der Waals surface area contributed by atoms with Crippen LogP contribution in [0.2, 0.25) is 0 Å². The summed E-state index contributed by atoms with van der Waals surface area (Å²) >= 11 is 0. The van der Waals surface area contributed by atoms with E-state index >= 15 is 0 Å². The van der Waals surface area contributed by atoms with Gasteiger partial charge in [-0.3, -0.25) is 9.67 Å². The van der Waals surface area contributed by atoms with Gasteiger partial charge in [-0.25, -0.2) is 4.98 Å². The van der Waals surface area contributed by atoms with E-state index in [1.807, 2.05) is 53.3 Å². The van der Waals surface area contributed by atoms with E-state index in [4.69, 9.17) is 0 Å². The lowest BCUT2D eigenvalue weighted by molar-refractivity contribution is 0.673. The van der Waals surface area contributed by atoms with Crippen LogP contribution in [0.15, 0.2) is 61.1 Å². The number of hydrogen-bond donors (Lipinski definition) is 0. The minimum atomic E-state index is 0.674. The molecule has 3 aromatic rings. The molecule has 3 heterocycles. The Kier molecular flexibility index (Phi) is 2.84. The summed E-state index contributed by atoms with van der Waals surface area (Å²) in [5.74, 6) is 0. The van der Waals surface area contributed by atoms with Crippen LogP contribution in [0.25, 0.3) is 11.4 Å². The smallest absolute Gasteiger partial charge is 0.0890 e. The summed E-state index contributed by atoms with van der Waals surface area (Å²) in [6.07, 6.45) is 5.47. The van der Waals surface area contributed by atoms with Crippen LogP contribution >= 0.6 is 0 Å². The molecule has 0 bridgehead atoms. The van der Waals surface area contributed by atoms with E-state index in [1.165, 1.54) is 0 Å². The highest BCUT2D eigenvalue weighted by atomic mass is 15.3. The predicted molar refractivity (Wildman–Crippen MR) is 68.8 cm³/mol. The predicted octanol–water partition coefficient (Wildman–Crippen LogP) is 2.39. The average Bonchev–Trinajstić information content (AvgIpc) is 2.93. The molecular formula is C14H12N4. The van der Waals surface area contributed by atoms with Crippen molar-refractivity contribution >= 4 is 0 Å². The summed E-state index contributed by atoms with van der Waals surface area (Å²) in [4.78, 5) is 8.90. The van der Waals surface area contributed by atoms with Crippen molar-refractivity contribution in [3.8, 4) is 11.4 Å². The Hall–Kier alpha value is -2.49. The third-order valence-electron chi connectivity index (χ3n) is 2.62. The van der Waals surface area contributed by atoms with E-state index in [1.54, 1.807) is 12.4 Å². The Labute approximate surface area is 105 Å². The monoisotopic (exact) mass is 236 g/mol. The summed E-state index contributed by atoms with van der Waals surface area (Å²) in [6, 6.07) is 13.7. The summed E-state index contributed by atoms with van der Waals surface area (Å²) < 4.78 is 1.85. The van der Waals surface area contributed by atoms with Gasteiger partial charge in [-0.2, -0.15) is 5.10 Å². The normalized spacial score (nSPS) is 10.4. The second-order valence-electron chi connectivity index (χ2n) is 3.93. The molecule has 0 aliphatic rings. The zero-order valence-electron chi connectivity index (χ0n) is 9.77. The maximum Gasteiger partial charge on any atom is 0.0890 e. The molecule has 4 heteroatoms. The molecular weight excluding hydrogens is 224 g/mol. The quantitative estimate of drug-likeness (QED) is 0.701. The van der Waals surface area contributed by atoms with Crippen molar-refractivity contribution in [2.45, 2.75) is 6.54 Å². The Morgan fingerprint density at radius 2 is 1.83 bits per heavy atom. The highest BCUT2D eigenvalue weighted by Crippen LogP contribution is 2.13. The van der Waals surface area contributed by atoms with Crippen molar-refractivity contribution in [1.29, 1.82) is 0 Å². The van der Waals surface area contributed by atoms with Crippen molar-refractivity contribution in [3.63, 3.8) is 0 Å². The van der Waals surface area contributed by atoms with Gasteiger partial charge >= 0.3 is 0 Å². The van der Waals surface area contributed by atoms with Crippen LogP contribution in [0.5, 0.6) is 0 Å². The molecule has 0 aromatic carbocycles. The van der Waals surface area contributed by atoms with Gasteiger partial charge in [-0.05, 0) is 30.3 Å². The molecule has 3 rings (SSSR count). The lowest BCUT2D eigenvalue weighted by Crippen LogP contribution is -2.02. The van der Waals surface area contributed by atoms with Crippen LogP contribution < -0.4 is 0 Å². The van der Waals surface area contributed by atoms with Gasteiger partial charge in [0.05, 0.1) is 23.6 Å². The maximum atomic E-state index is 4.59. The Morgan fingerprint density at radius 1 is 0.889 bits per heavy atom. The number of pyridine rings is 2. The fourth-order valence-electron chi connectivity index (χ4n) is 1.78. The average molecular weight is 236 g/mol. The standard InChI is InChI=1S/C14H12N4/c1-2-8-15-13(6-1)14-7-3-5-12(17-14)11-18-10-4-9-16-18/h1-10H,11H2. The molecule has 4 nitrogen and oxygen atoms in total. The number of rotatable bonds is 3. The molecule has 0 fully saturated rings. The van der Waals surface area contributed by atoms with E-state index in [9.17, 15) is 0 Å². The van der Waals surface area contributed by atoms with Gasteiger partial charge < -0.3 is 0 Å². The molecule has 0 spiro atoms. The van der Waals surface area contributed by atoms with Gasteiger partial charge in [0.1, 0.15) is 0 Å². The topological polar surface area (TPSA) is 43.6 Å². The van der Waals surface area contributed by atoms with Crippen molar-refractivity contribution in [3.05, 3.63) is 66.7 Å². The van der Waals surface area contributed by atoms with Crippen LogP contribution in [-0.4, -0.2) is 19.7 Å². The Balaban J connectivity index is 1.90. The largest absolute Gasteiger partial charge is 0.267 e. The SMILES string of the molecule is c1ccc(-c2cccc(Cn3cccn3)n2)nc1. The van der Waals surface area contributed by atoms with Crippen molar-refractivity contribution in [2.24, 2.45) is 0 Å². The van der Waals surface area contributed by atoms with Crippen molar-refractivity contribution in [2.75, 3.05) is 0 Å². The van der Waals surface area contributed by atoms with Gasteiger partial charge in [0.15, 0.2) is 0 Å². The van der Waals surface area contributed by atoms with E-state index in [2.05, 4.69) is 15.1 Å². The summed E-state index contributed by atoms with van der Waals surface area (Å²) in [5, 5.41) is 4.17. The summed E-state index contributed by atoms with van der Waals surface area (Å²) in [6.45, 7) is 0.674. The lowest BCUT2D eigenvalue weighted by atomic mass is 10.2. The zero-order chi connectivity index (χ0) is 12.2. The van der Waals surface area contributed by atoms with Crippen molar-refractivity contribution in [1.82, 2.24) is 19.7 Å². The molecule has 0 amide bonds. The number of hydrogen-bond acceptors (Lipinski definition) is 3. The second-order valence-corrected chi connectivity index (χ2v) is 3.93. The zero-order valence-corrected chi connectivity index (χ0v) is 9.77. The number of nitrogens with zero attached hydrogens (tertiary/aromatic N) is 4. The molecule has 0 aliphatic carbocycles. The molecule has 18 heavy (non-hydrogen) atoms. The van der Waals surface area contributed by atoms with Crippen LogP contribution in [0.3, 0.4) is 0 Å². The first-order valence-corrected chi connectivity index (χ1v) is 5.76. The molecule has 0 saturated carbocycles. The summed E-state index contributed by atoms with van der Waals surface area (Å²) in [5.41, 5.74) is 2.75. The van der Waals surface area contributed by atoms with Gasteiger partial charge in [-0.1, -0.05) is 12.1 Å². The molecule has 0 unspecified atom stereocenters. The third-order valence-corrected chi connectivity index (χ3v) is 2.62. The fourth-order valence-corrected chi connectivity index (χ4v) is 1.78. The van der Waals surface area contributed by atoms with Gasteiger partial charge in [0.25, 0.3) is 0 Å². The van der Waals surface area contributed by atoms with E-state index in [0.29, 0.717) is 6.54 Å². The van der Waals surface area contributed by atoms with Gasteiger partial charge in [-0.15, -0.1) is 0 Å². The summed E-state index contributed by atoms with van der Waals surface area (Å²) in [7, 11) is 0. The third kappa shape index (κ3) is 2.27. The van der Waals surface area contributed by atoms with E-state index < -0.39 is 0 Å². The Bertz CT molecular complexity index is 617. The molecule has 0 radical (unpaired) electrons. The van der Waals surface area contributed by atoms with Gasteiger partial charge in [0, 0.05) is 18.6 Å². The van der Waals surface area contributed by atoms with E-state index in [-0.39, 0.29) is 0 Å². The van der Waals surface area contributed by atoms with Crippen molar-refractivity contribution < 1.29 is 0 Å². The van der Waals surface area contributed by atoms with Crippen LogP contribution in [0.1, 0.15) is 5.69 Å². The molecule has 0 N–H and O–H groups in total. The first-order valence-electron chi connectivity index (χ1n) is 5.76. The molecule has 0 atom stereocenters. The molecule has 0 saturated heterocycles. The minimum Gasteiger partial charge on any atom is -0.267 e. The fraction of sp³-hybridized carbons (Fsp3) is 0.0714. The molecule has 88 valence electrons. The maximum absolute atomic E-state index is 4.59. The number of aromatic nitrogens is 4. The van der Waals surface area contributed by atoms with Crippen LogP contribution in [-0.2, 0) is 6.54 Å². The highest BCUT2D eigenvalue weighted by molar-refractivity contribution is 5.53. The lowest BCUT2D eigenvalue weighted by Gasteiger charge is -2.04. The first kappa shape index (κ1) is 10.7. The highest BCUT2D eigenvalue weighted by Gasteiger charge is 2.02. The second kappa shape index (κ2) is 4.79. The van der Waals surface area contributed by atoms with Crippen LogP contribution in [0.4, 0.5) is 0 Å². The minimum absolute atomic E-state index is 0.674.